The summed E-state index contributed by atoms with van der Waals surface area (Å²) in [4.78, 5) is 14.6. The molecule has 1 amide bonds. The second-order valence-electron chi connectivity index (χ2n) is 8.54. The number of rotatable bonds is 7. The maximum absolute atomic E-state index is 13.3. The van der Waals surface area contributed by atoms with Crippen LogP contribution in [-0.2, 0) is 37.3 Å². The van der Waals surface area contributed by atoms with Gasteiger partial charge >= 0.3 is 0 Å². The third-order valence-corrected chi connectivity index (χ3v) is 6.40. The minimum Gasteiger partial charge on any atom is -0.460 e. The van der Waals surface area contributed by atoms with Crippen molar-refractivity contribution in [2.45, 2.75) is 32.5 Å². The highest BCUT2D eigenvalue weighted by atomic mass is 35.5. The zero-order valence-corrected chi connectivity index (χ0v) is 19.8. The number of carbonyl (C=O) groups excluding carboxylic acids is 1. The molecular weight excluding hydrogens is 469 g/mol. The van der Waals surface area contributed by atoms with Crippen LogP contribution in [0.5, 0.6) is 0 Å². The molecular formula is C26H25ClFN5O2. The van der Waals surface area contributed by atoms with Gasteiger partial charge in [-0.2, -0.15) is 0 Å². The molecule has 3 heterocycles. The van der Waals surface area contributed by atoms with Gasteiger partial charge in [0, 0.05) is 31.6 Å². The minimum absolute atomic E-state index is 0.117. The molecule has 7 nitrogen and oxygen atoms in total. The van der Waals surface area contributed by atoms with Gasteiger partial charge in [-0.15, -0.1) is 10.2 Å². The zero-order chi connectivity index (χ0) is 24.2. The molecule has 0 bridgehead atoms. The quantitative estimate of drug-likeness (QED) is 0.416. The van der Waals surface area contributed by atoms with E-state index in [1.807, 2.05) is 36.4 Å². The van der Waals surface area contributed by atoms with Crippen molar-refractivity contribution in [1.29, 1.82) is 0 Å². The summed E-state index contributed by atoms with van der Waals surface area (Å²) in [5.41, 5.74) is 1.51. The number of amides is 1. The SMILES string of the molecule is O=C(Cc1cccc(F)c1)NCc1nnc2n1CCN(Cc1ccc(-c3ccccc3Cl)o1)CC2. The average Bonchev–Trinajstić information content (AvgIpc) is 3.41. The molecule has 1 aliphatic heterocycles. The van der Waals surface area contributed by atoms with Gasteiger partial charge in [-0.1, -0.05) is 35.9 Å². The van der Waals surface area contributed by atoms with Crippen LogP contribution in [0.1, 0.15) is 23.0 Å². The van der Waals surface area contributed by atoms with Gasteiger partial charge < -0.3 is 14.3 Å². The van der Waals surface area contributed by atoms with Gasteiger partial charge in [-0.25, -0.2) is 4.39 Å². The van der Waals surface area contributed by atoms with E-state index in [0.29, 0.717) is 23.0 Å². The smallest absolute Gasteiger partial charge is 0.224 e. The predicted molar refractivity (Wildman–Crippen MR) is 130 cm³/mol. The number of furan rings is 1. The lowest BCUT2D eigenvalue weighted by Crippen LogP contribution is -2.28. The summed E-state index contributed by atoms with van der Waals surface area (Å²) >= 11 is 6.30. The third-order valence-electron chi connectivity index (χ3n) is 6.07. The van der Waals surface area contributed by atoms with E-state index in [-0.39, 0.29) is 24.7 Å². The van der Waals surface area contributed by atoms with Gasteiger partial charge in [0.15, 0.2) is 5.82 Å². The summed E-state index contributed by atoms with van der Waals surface area (Å²) in [6.07, 6.45) is 0.869. The topological polar surface area (TPSA) is 76.2 Å². The Labute approximate surface area is 207 Å². The number of aromatic nitrogens is 3. The first-order chi connectivity index (χ1) is 17.0. The standard InChI is InChI=1S/C26H25ClFN5O2/c27-22-7-2-1-6-21(22)23-9-8-20(35-23)17-32-11-10-24-30-31-25(33(24)13-12-32)16-29-26(34)15-18-4-3-5-19(28)14-18/h1-9,14H,10-13,15-17H2,(H,29,34). The molecule has 5 rings (SSSR count). The summed E-state index contributed by atoms with van der Waals surface area (Å²) in [6.45, 7) is 3.31. The van der Waals surface area contributed by atoms with Gasteiger partial charge in [-0.3, -0.25) is 9.69 Å². The van der Waals surface area contributed by atoms with Crippen molar-refractivity contribution in [1.82, 2.24) is 25.0 Å². The van der Waals surface area contributed by atoms with Gasteiger partial charge in [0.2, 0.25) is 5.91 Å². The maximum atomic E-state index is 13.3. The van der Waals surface area contributed by atoms with Gasteiger partial charge in [-0.05, 0) is 42.0 Å². The van der Waals surface area contributed by atoms with Crippen molar-refractivity contribution in [2.24, 2.45) is 0 Å². The van der Waals surface area contributed by atoms with Crippen LogP contribution in [-0.4, -0.2) is 38.7 Å². The Kier molecular flexibility index (Phi) is 6.92. The summed E-state index contributed by atoms with van der Waals surface area (Å²) in [7, 11) is 0. The number of hydrogen-bond donors (Lipinski definition) is 1. The van der Waals surface area contributed by atoms with Crippen molar-refractivity contribution in [3.05, 3.63) is 94.5 Å². The molecule has 0 saturated heterocycles. The van der Waals surface area contributed by atoms with E-state index in [0.717, 1.165) is 49.0 Å². The molecule has 4 aromatic rings. The van der Waals surface area contributed by atoms with E-state index in [4.69, 9.17) is 16.0 Å². The Morgan fingerprint density at radius 2 is 1.94 bits per heavy atom. The largest absolute Gasteiger partial charge is 0.460 e. The molecule has 9 heteroatoms. The number of carbonyl (C=O) groups is 1. The van der Waals surface area contributed by atoms with E-state index in [1.54, 1.807) is 12.1 Å². The molecule has 180 valence electrons. The number of hydrogen-bond acceptors (Lipinski definition) is 5. The molecule has 35 heavy (non-hydrogen) atoms. The van der Waals surface area contributed by atoms with Gasteiger partial charge in [0.25, 0.3) is 0 Å². The number of nitrogens with zero attached hydrogens (tertiary/aromatic N) is 4. The molecule has 0 fully saturated rings. The van der Waals surface area contributed by atoms with Crippen LogP contribution in [0.4, 0.5) is 4.39 Å². The summed E-state index contributed by atoms with van der Waals surface area (Å²) < 4.78 is 21.5. The van der Waals surface area contributed by atoms with Crippen molar-refractivity contribution < 1.29 is 13.6 Å². The highest BCUT2D eigenvalue weighted by Gasteiger charge is 2.20. The van der Waals surface area contributed by atoms with E-state index < -0.39 is 0 Å². The molecule has 2 aromatic heterocycles. The lowest BCUT2D eigenvalue weighted by Gasteiger charge is -2.18. The minimum atomic E-state index is -0.350. The highest BCUT2D eigenvalue weighted by molar-refractivity contribution is 6.33. The molecule has 0 atom stereocenters. The number of fused-ring (bicyclic) bond motifs is 1. The first kappa shape index (κ1) is 23.3. The Morgan fingerprint density at radius 1 is 1.06 bits per heavy atom. The summed E-state index contributed by atoms with van der Waals surface area (Å²) in [5.74, 6) is 2.72. The fraction of sp³-hybridized carbons (Fsp3) is 0.269. The molecule has 1 aliphatic rings. The monoisotopic (exact) mass is 493 g/mol. The Bertz CT molecular complexity index is 1330. The van der Waals surface area contributed by atoms with Crippen LogP contribution in [0.25, 0.3) is 11.3 Å². The molecule has 0 radical (unpaired) electrons. The Balaban J connectivity index is 1.17. The number of halogens is 2. The Morgan fingerprint density at radius 3 is 2.80 bits per heavy atom. The number of benzene rings is 2. The zero-order valence-electron chi connectivity index (χ0n) is 19.1. The molecule has 2 aromatic carbocycles. The van der Waals surface area contributed by atoms with Crippen LogP contribution >= 0.6 is 11.6 Å². The molecule has 0 saturated carbocycles. The van der Waals surface area contributed by atoms with E-state index >= 15 is 0 Å². The fourth-order valence-corrected chi connectivity index (χ4v) is 4.51. The van der Waals surface area contributed by atoms with Crippen LogP contribution in [0.2, 0.25) is 5.02 Å². The molecule has 1 N–H and O–H groups in total. The lowest BCUT2D eigenvalue weighted by molar-refractivity contribution is -0.120. The lowest BCUT2D eigenvalue weighted by atomic mass is 10.1. The summed E-state index contributed by atoms with van der Waals surface area (Å²) in [5, 5.41) is 12.1. The normalized spacial score (nSPS) is 13.9. The molecule has 0 spiro atoms. The second kappa shape index (κ2) is 10.4. The van der Waals surface area contributed by atoms with Crippen LogP contribution in [0.15, 0.2) is 65.1 Å². The summed E-state index contributed by atoms with van der Waals surface area (Å²) in [6, 6.07) is 17.6. The highest BCUT2D eigenvalue weighted by Crippen LogP contribution is 2.29. The first-order valence-corrected chi connectivity index (χ1v) is 11.9. The first-order valence-electron chi connectivity index (χ1n) is 11.5. The van der Waals surface area contributed by atoms with Gasteiger partial charge in [0.05, 0.1) is 24.5 Å². The third kappa shape index (κ3) is 5.61. The second-order valence-corrected chi connectivity index (χ2v) is 8.95. The molecule has 0 unspecified atom stereocenters. The molecule has 0 aliphatic carbocycles. The van der Waals surface area contributed by atoms with Crippen molar-refractivity contribution in [3.63, 3.8) is 0 Å². The predicted octanol–water partition coefficient (Wildman–Crippen LogP) is 4.25. The maximum Gasteiger partial charge on any atom is 0.224 e. The van der Waals surface area contributed by atoms with Crippen LogP contribution in [0, 0.1) is 5.82 Å². The van der Waals surface area contributed by atoms with Crippen LogP contribution in [0.3, 0.4) is 0 Å². The Hall–Kier alpha value is -3.49. The average molecular weight is 494 g/mol. The van der Waals surface area contributed by atoms with Crippen LogP contribution < -0.4 is 5.32 Å². The van der Waals surface area contributed by atoms with Gasteiger partial charge in [0.1, 0.15) is 23.2 Å². The number of nitrogens with one attached hydrogen (secondary N) is 1. The van der Waals surface area contributed by atoms with E-state index in [1.165, 1.54) is 12.1 Å². The van der Waals surface area contributed by atoms with Crippen molar-refractivity contribution >= 4 is 17.5 Å². The van der Waals surface area contributed by atoms with E-state index in [9.17, 15) is 9.18 Å². The van der Waals surface area contributed by atoms with Crippen molar-refractivity contribution in [3.8, 4) is 11.3 Å². The fourth-order valence-electron chi connectivity index (χ4n) is 4.28. The van der Waals surface area contributed by atoms with Crippen molar-refractivity contribution in [2.75, 3.05) is 13.1 Å². The van der Waals surface area contributed by atoms with E-state index in [2.05, 4.69) is 25.0 Å².